The number of benzene rings is 2. The summed E-state index contributed by atoms with van der Waals surface area (Å²) in [6, 6.07) is 16.5. The molecule has 4 rings (SSSR count). The Balaban J connectivity index is 1.56. The van der Waals surface area contributed by atoms with Crippen molar-refractivity contribution in [2.75, 3.05) is 11.9 Å². The van der Waals surface area contributed by atoms with E-state index in [0.29, 0.717) is 13.0 Å². The summed E-state index contributed by atoms with van der Waals surface area (Å²) < 4.78 is 19.2. The Morgan fingerprint density at radius 2 is 1.78 bits per heavy atom. The van der Waals surface area contributed by atoms with Crippen LogP contribution in [0.4, 0.5) is 5.69 Å². The van der Waals surface area contributed by atoms with Gasteiger partial charge in [-0.15, -0.1) is 0 Å². The molecule has 5 heteroatoms. The van der Waals surface area contributed by atoms with Crippen LogP contribution >= 0.6 is 0 Å². The summed E-state index contributed by atoms with van der Waals surface area (Å²) in [7, 11) is 0. The van der Waals surface area contributed by atoms with Gasteiger partial charge in [0.25, 0.3) is 0 Å². The Morgan fingerprint density at radius 1 is 1.05 bits per heavy atom. The molecular weight excluding hydrogens is 462 g/mol. The summed E-state index contributed by atoms with van der Waals surface area (Å²) >= 11 is 0. The zero-order chi connectivity index (χ0) is 26.5. The van der Waals surface area contributed by atoms with Crippen molar-refractivity contribution in [1.29, 1.82) is 0 Å². The van der Waals surface area contributed by atoms with Gasteiger partial charge in [-0.05, 0) is 55.4 Å². The first-order chi connectivity index (χ1) is 17.6. The van der Waals surface area contributed by atoms with E-state index in [9.17, 15) is 4.79 Å². The van der Waals surface area contributed by atoms with E-state index >= 15 is 0 Å². The van der Waals surface area contributed by atoms with E-state index in [-0.39, 0.29) is 17.5 Å². The fraction of sp³-hybridized carbons (Fsp3) is 0.594. The lowest BCUT2D eigenvalue weighted by Crippen LogP contribution is -2.52. The van der Waals surface area contributed by atoms with Gasteiger partial charge in [-0.25, -0.2) is 0 Å². The number of ether oxygens (including phenoxy) is 3. The summed E-state index contributed by atoms with van der Waals surface area (Å²) in [4.78, 5) is 13.0. The molecule has 1 aliphatic carbocycles. The van der Waals surface area contributed by atoms with Gasteiger partial charge >= 0.3 is 5.97 Å². The van der Waals surface area contributed by atoms with Crippen LogP contribution in [0.1, 0.15) is 96.8 Å². The van der Waals surface area contributed by atoms with Crippen LogP contribution in [0.25, 0.3) is 0 Å². The third kappa shape index (κ3) is 7.73. The second kappa shape index (κ2) is 11.9. The number of carbonyl (C=O) groups is 1. The Hall–Kier alpha value is -2.53. The lowest BCUT2D eigenvalue weighted by molar-refractivity contribution is -0.186. The molecule has 1 N–H and O–H groups in total. The van der Waals surface area contributed by atoms with E-state index in [2.05, 4.69) is 44.3 Å². The first-order valence-electron chi connectivity index (χ1n) is 14.0. The molecule has 202 valence electrons. The average molecular weight is 508 g/mol. The summed E-state index contributed by atoms with van der Waals surface area (Å²) in [5, 5.41) is 3.53. The van der Waals surface area contributed by atoms with E-state index in [1.54, 1.807) is 0 Å². The van der Waals surface area contributed by atoms with Crippen LogP contribution in [0.5, 0.6) is 5.75 Å². The fourth-order valence-electron chi connectivity index (χ4n) is 5.48. The highest BCUT2D eigenvalue weighted by Crippen LogP contribution is 2.45. The van der Waals surface area contributed by atoms with Crippen molar-refractivity contribution in [1.82, 2.24) is 0 Å². The number of esters is 1. The second-order valence-electron chi connectivity index (χ2n) is 12.5. The molecule has 0 saturated heterocycles. The minimum absolute atomic E-state index is 0.152. The molecule has 1 saturated carbocycles. The quantitative estimate of drug-likeness (QED) is 0.350. The number of anilines is 1. The molecule has 2 aliphatic rings. The van der Waals surface area contributed by atoms with Gasteiger partial charge in [0, 0.05) is 24.4 Å². The van der Waals surface area contributed by atoms with Gasteiger partial charge in [-0.3, -0.25) is 4.79 Å². The van der Waals surface area contributed by atoms with Crippen LogP contribution in [0.15, 0.2) is 48.5 Å². The Kier molecular flexibility index (Phi) is 8.84. The number of nitrogens with one attached hydrogen (secondary N) is 1. The summed E-state index contributed by atoms with van der Waals surface area (Å²) in [6.45, 7) is 11.5. The molecule has 5 nitrogen and oxygen atoms in total. The van der Waals surface area contributed by atoms with Crippen molar-refractivity contribution >= 4 is 11.7 Å². The van der Waals surface area contributed by atoms with Crippen molar-refractivity contribution in [2.24, 2.45) is 11.3 Å². The number of fused-ring (bicyclic) bond motifs is 1. The first-order valence-corrected chi connectivity index (χ1v) is 14.0. The van der Waals surface area contributed by atoms with E-state index < -0.39 is 11.7 Å². The molecule has 2 aromatic carbocycles. The second-order valence-corrected chi connectivity index (χ2v) is 12.5. The average Bonchev–Trinajstić information content (AvgIpc) is 2.84. The molecule has 1 heterocycles. The maximum Gasteiger partial charge on any atom is 0.306 e. The van der Waals surface area contributed by atoms with Gasteiger partial charge in [0.1, 0.15) is 17.5 Å². The van der Waals surface area contributed by atoms with E-state index in [0.717, 1.165) is 35.9 Å². The third-order valence-electron chi connectivity index (χ3n) is 7.47. The van der Waals surface area contributed by atoms with Crippen LogP contribution in [0.2, 0.25) is 0 Å². The number of hydrogen-bond acceptors (Lipinski definition) is 5. The smallest absolute Gasteiger partial charge is 0.306 e. The van der Waals surface area contributed by atoms with E-state index in [4.69, 9.17) is 14.2 Å². The summed E-state index contributed by atoms with van der Waals surface area (Å²) in [6.07, 6.45) is 7.04. The van der Waals surface area contributed by atoms with Gasteiger partial charge in [-0.1, -0.05) is 83.2 Å². The van der Waals surface area contributed by atoms with Gasteiger partial charge < -0.3 is 19.5 Å². The molecular formula is C32H45NO4. The van der Waals surface area contributed by atoms with Crippen LogP contribution in [-0.4, -0.2) is 24.3 Å². The normalized spacial score (nSPS) is 21.5. The number of carbonyl (C=O) groups excluding carboxylic acids is 1. The van der Waals surface area contributed by atoms with Gasteiger partial charge in [0.15, 0.2) is 6.10 Å². The highest BCUT2D eigenvalue weighted by molar-refractivity contribution is 5.70. The van der Waals surface area contributed by atoms with Crippen molar-refractivity contribution in [3.63, 3.8) is 0 Å². The van der Waals surface area contributed by atoms with Gasteiger partial charge in [0.05, 0.1) is 6.42 Å². The SMILES string of the molecule is CC(C)(C)CC(=O)OC1C(OCCC2CCCCC2)c2cc(NCc3ccccc3)ccc2OC1(C)C. The van der Waals surface area contributed by atoms with Crippen LogP contribution < -0.4 is 10.1 Å². The van der Waals surface area contributed by atoms with E-state index in [1.165, 1.54) is 37.7 Å². The minimum atomic E-state index is -0.713. The Bertz CT molecular complexity index is 1020. The zero-order valence-corrected chi connectivity index (χ0v) is 23.3. The van der Waals surface area contributed by atoms with E-state index in [1.807, 2.05) is 44.2 Å². The molecule has 0 amide bonds. The number of hydrogen-bond donors (Lipinski definition) is 1. The lowest BCUT2D eigenvalue weighted by Gasteiger charge is -2.44. The summed E-state index contributed by atoms with van der Waals surface area (Å²) in [5.41, 5.74) is 2.28. The molecule has 1 aliphatic heterocycles. The van der Waals surface area contributed by atoms with Crippen LogP contribution in [0, 0.1) is 11.3 Å². The van der Waals surface area contributed by atoms with Crippen molar-refractivity contribution in [3.05, 3.63) is 59.7 Å². The zero-order valence-electron chi connectivity index (χ0n) is 23.3. The van der Waals surface area contributed by atoms with Crippen molar-refractivity contribution < 1.29 is 19.0 Å². The van der Waals surface area contributed by atoms with Gasteiger partial charge in [-0.2, -0.15) is 0 Å². The number of rotatable bonds is 9. The molecule has 2 unspecified atom stereocenters. The summed E-state index contributed by atoms with van der Waals surface area (Å²) in [5.74, 6) is 1.31. The highest BCUT2D eigenvalue weighted by atomic mass is 16.6. The largest absolute Gasteiger partial charge is 0.483 e. The van der Waals surface area contributed by atoms with Crippen molar-refractivity contribution in [2.45, 2.75) is 104 Å². The molecule has 37 heavy (non-hydrogen) atoms. The Labute approximate surface area is 223 Å². The van der Waals surface area contributed by atoms with Crippen molar-refractivity contribution in [3.8, 4) is 5.75 Å². The van der Waals surface area contributed by atoms with Gasteiger partial charge in [0.2, 0.25) is 0 Å². The molecule has 2 aromatic rings. The monoisotopic (exact) mass is 507 g/mol. The molecule has 0 aromatic heterocycles. The topological polar surface area (TPSA) is 56.8 Å². The molecule has 0 bridgehead atoms. The molecule has 2 atom stereocenters. The highest BCUT2D eigenvalue weighted by Gasteiger charge is 2.47. The fourth-order valence-corrected chi connectivity index (χ4v) is 5.48. The molecule has 0 spiro atoms. The maximum atomic E-state index is 13.0. The molecule has 1 fully saturated rings. The predicted octanol–water partition coefficient (Wildman–Crippen LogP) is 7.85. The predicted molar refractivity (Wildman–Crippen MR) is 149 cm³/mol. The first kappa shape index (κ1) is 27.5. The standard InChI is InChI=1S/C32H45NO4/c1-31(2,3)21-28(34)36-30-29(35-19-18-23-12-8-6-9-13-23)26-20-25(16-17-27(26)37-32(30,4)5)33-22-24-14-10-7-11-15-24/h7,10-11,14-17,20,23,29-30,33H,6,8-9,12-13,18-19,21-22H2,1-5H3. The maximum absolute atomic E-state index is 13.0. The Morgan fingerprint density at radius 3 is 2.49 bits per heavy atom. The molecule has 0 radical (unpaired) electrons. The lowest BCUT2D eigenvalue weighted by atomic mass is 9.86. The minimum Gasteiger partial charge on any atom is -0.483 e. The van der Waals surface area contributed by atoms with Crippen LogP contribution in [0.3, 0.4) is 0 Å². The van der Waals surface area contributed by atoms with Crippen LogP contribution in [-0.2, 0) is 20.8 Å². The third-order valence-corrected chi connectivity index (χ3v) is 7.47.